The minimum absolute atomic E-state index is 0. The maximum atomic E-state index is 2.68. The fraction of sp³-hybridized carbons (Fsp3) is 0.478. The zero-order valence-corrected chi connectivity index (χ0v) is 18.6. The molecule has 4 rings (SSSR count). The summed E-state index contributed by atoms with van der Waals surface area (Å²) in [5.41, 5.74) is 5.90. The van der Waals surface area contributed by atoms with E-state index in [0.29, 0.717) is 5.54 Å². The lowest BCUT2D eigenvalue weighted by molar-refractivity contribution is 0.174. The average Bonchev–Trinajstić information content (AvgIpc) is 2.94. The minimum atomic E-state index is 0. The number of nitrogens with zero attached hydrogens (tertiary/aromatic N) is 2. The summed E-state index contributed by atoms with van der Waals surface area (Å²) in [4.78, 5) is 8.01. The molecule has 0 bridgehead atoms. The molecule has 2 aromatic carbocycles. The molecule has 2 heterocycles. The summed E-state index contributed by atoms with van der Waals surface area (Å²) < 4.78 is 0. The van der Waals surface area contributed by atoms with Crippen molar-refractivity contribution in [1.82, 2.24) is 4.90 Å². The Morgan fingerprint density at radius 1 is 0.963 bits per heavy atom. The third kappa shape index (κ3) is 4.01. The van der Waals surface area contributed by atoms with Crippen LogP contribution in [0.2, 0.25) is 0 Å². The molecule has 0 spiro atoms. The maximum absolute atomic E-state index is 2.68. The molecule has 0 aromatic heterocycles. The number of rotatable bonds is 4. The third-order valence-electron chi connectivity index (χ3n) is 6.12. The van der Waals surface area contributed by atoms with Gasteiger partial charge >= 0.3 is 0 Å². The Morgan fingerprint density at radius 2 is 1.70 bits per heavy atom. The van der Waals surface area contributed by atoms with E-state index in [0.717, 1.165) is 6.54 Å². The van der Waals surface area contributed by atoms with Crippen LogP contribution in [0.3, 0.4) is 0 Å². The number of aryl methyl sites for hydroxylation is 2. The molecular formula is C23H31ClN2S. The van der Waals surface area contributed by atoms with Crippen molar-refractivity contribution in [1.29, 1.82) is 0 Å². The molecule has 1 fully saturated rings. The monoisotopic (exact) mass is 402 g/mol. The lowest BCUT2D eigenvalue weighted by Gasteiger charge is -2.35. The zero-order valence-electron chi connectivity index (χ0n) is 16.9. The van der Waals surface area contributed by atoms with E-state index in [1.165, 1.54) is 64.6 Å². The van der Waals surface area contributed by atoms with Gasteiger partial charge in [-0.3, -0.25) is 4.90 Å². The Bertz CT molecular complexity index is 818. The average molecular weight is 403 g/mol. The van der Waals surface area contributed by atoms with Crippen LogP contribution in [0.1, 0.15) is 44.2 Å². The fourth-order valence-corrected chi connectivity index (χ4v) is 5.50. The van der Waals surface area contributed by atoms with Crippen molar-refractivity contribution in [3.63, 3.8) is 0 Å². The Labute approximate surface area is 174 Å². The van der Waals surface area contributed by atoms with Crippen molar-refractivity contribution in [3.8, 4) is 0 Å². The topological polar surface area (TPSA) is 6.48 Å². The van der Waals surface area contributed by atoms with E-state index < -0.39 is 0 Å². The van der Waals surface area contributed by atoms with Gasteiger partial charge in [-0.1, -0.05) is 23.9 Å². The largest absolute Gasteiger partial charge is 0.340 e. The number of hydrogen-bond donors (Lipinski definition) is 0. The van der Waals surface area contributed by atoms with E-state index in [1.54, 1.807) is 0 Å². The third-order valence-corrected chi connectivity index (χ3v) is 7.24. The number of anilines is 2. The predicted molar refractivity (Wildman–Crippen MR) is 120 cm³/mol. The van der Waals surface area contributed by atoms with Crippen molar-refractivity contribution >= 4 is 35.5 Å². The Balaban J connectivity index is 0.00000210. The van der Waals surface area contributed by atoms with Gasteiger partial charge in [0.2, 0.25) is 0 Å². The van der Waals surface area contributed by atoms with E-state index in [-0.39, 0.29) is 12.4 Å². The lowest BCUT2D eigenvalue weighted by atomic mass is 10.0. The van der Waals surface area contributed by atoms with Gasteiger partial charge in [0, 0.05) is 28.4 Å². The highest BCUT2D eigenvalue weighted by Crippen LogP contribution is 2.48. The molecule has 146 valence electrons. The second-order valence-corrected chi connectivity index (χ2v) is 9.47. The van der Waals surface area contributed by atoms with E-state index in [9.17, 15) is 0 Å². The van der Waals surface area contributed by atoms with Gasteiger partial charge in [-0.2, -0.15) is 0 Å². The molecule has 0 radical (unpaired) electrons. The Kier molecular flexibility index (Phi) is 6.14. The molecule has 2 nitrogen and oxygen atoms in total. The van der Waals surface area contributed by atoms with E-state index in [2.05, 4.69) is 73.9 Å². The molecule has 0 atom stereocenters. The summed E-state index contributed by atoms with van der Waals surface area (Å²) in [5.74, 6) is 0. The number of likely N-dealkylation sites (tertiary alicyclic amines) is 1. The van der Waals surface area contributed by atoms with Crippen LogP contribution in [0.5, 0.6) is 0 Å². The van der Waals surface area contributed by atoms with E-state index in [1.807, 2.05) is 11.8 Å². The number of halogens is 1. The van der Waals surface area contributed by atoms with Crippen LogP contribution in [0.4, 0.5) is 11.4 Å². The van der Waals surface area contributed by atoms with Crippen molar-refractivity contribution in [2.24, 2.45) is 0 Å². The Morgan fingerprint density at radius 3 is 2.44 bits per heavy atom. The van der Waals surface area contributed by atoms with Crippen molar-refractivity contribution in [2.75, 3.05) is 24.5 Å². The standard InChI is InChI=1S/C23H30N2S.ClH/c1-17-15-20-22(16-18(17)2)26-21-10-6-5-9-19(21)25(20)14-8-13-24-12-7-11-23(24,3)4;/h5-6,9-10,15-16H,7-8,11-14H2,1-4H3;1H. The number of fused-ring (bicyclic) bond motifs is 2. The van der Waals surface area contributed by atoms with Crippen LogP contribution >= 0.6 is 24.2 Å². The normalized spacial score (nSPS) is 18.0. The second-order valence-electron chi connectivity index (χ2n) is 8.38. The summed E-state index contributed by atoms with van der Waals surface area (Å²) in [6.45, 7) is 12.8. The first-order chi connectivity index (χ1) is 12.5. The van der Waals surface area contributed by atoms with Crippen LogP contribution < -0.4 is 4.90 Å². The van der Waals surface area contributed by atoms with Crippen LogP contribution in [0.25, 0.3) is 0 Å². The second kappa shape index (κ2) is 8.06. The SMILES string of the molecule is Cc1cc2c(cc1C)N(CCCN1CCCC1(C)C)c1ccccc1S2.Cl. The predicted octanol–water partition coefficient (Wildman–Crippen LogP) is 6.59. The highest BCUT2D eigenvalue weighted by molar-refractivity contribution is 7.99. The number of hydrogen-bond acceptors (Lipinski definition) is 3. The first-order valence-electron chi connectivity index (χ1n) is 9.86. The van der Waals surface area contributed by atoms with Crippen LogP contribution in [0, 0.1) is 13.8 Å². The quantitative estimate of drug-likeness (QED) is 0.569. The fourth-order valence-electron chi connectivity index (χ4n) is 4.32. The number of para-hydroxylation sites is 1. The molecule has 4 heteroatoms. The molecule has 0 amide bonds. The van der Waals surface area contributed by atoms with Gasteiger partial charge in [-0.05, 0) is 88.9 Å². The van der Waals surface area contributed by atoms with Gasteiger partial charge in [0.15, 0.2) is 0 Å². The van der Waals surface area contributed by atoms with Crippen molar-refractivity contribution in [2.45, 2.75) is 62.3 Å². The van der Waals surface area contributed by atoms with E-state index >= 15 is 0 Å². The maximum Gasteiger partial charge on any atom is 0.0555 e. The van der Waals surface area contributed by atoms with Crippen molar-refractivity contribution < 1.29 is 0 Å². The molecule has 2 aliphatic rings. The zero-order chi connectivity index (χ0) is 18.3. The van der Waals surface area contributed by atoms with Crippen molar-refractivity contribution in [3.05, 3.63) is 47.5 Å². The summed E-state index contributed by atoms with van der Waals surface area (Å²) in [6.07, 6.45) is 3.88. The highest BCUT2D eigenvalue weighted by Gasteiger charge is 2.31. The van der Waals surface area contributed by atoms with Gasteiger partial charge < -0.3 is 4.90 Å². The van der Waals surface area contributed by atoms with Gasteiger partial charge in [0.25, 0.3) is 0 Å². The van der Waals surface area contributed by atoms with Gasteiger partial charge in [0.05, 0.1) is 11.4 Å². The summed E-state index contributed by atoms with van der Waals surface area (Å²) >= 11 is 1.92. The number of benzene rings is 2. The molecule has 0 aliphatic carbocycles. The molecule has 0 N–H and O–H groups in total. The molecule has 27 heavy (non-hydrogen) atoms. The van der Waals surface area contributed by atoms with Gasteiger partial charge in [-0.15, -0.1) is 12.4 Å². The molecule has 0 saturated carbocycles. The van der Waals surface area contributed by atoms with Gasteiger partial charge in [0.1, 0.15) is 0 Å². The first kappa shape index (κ1) is 20.6. The summed E-state index contributed by atoms with van der Waals surface area (Å²) in [6, 6.07) is 13.6. The minimum Gasteiger partial charge on any atom is -0.340 e. The molecule has 2 aliphatic heterocycles. The van der Waals surface area contributed by atoms with E-state index in [4.69, 9.17) is 0 Å². The van der Waals surface area contributed by atoms with Gasteiger partial charge in [-0.25, -0.2) is 0 Å². The molecule has 2 aromatic rings. The Hall–Kier alpha value is -1.16. The first-order valence-corrected chi connectivity index (χ1v) is 10.7. The summed E-state index contributed by atoms with van der Waals surface area (Å²) in [7, 11) is 0. The summed E-state index contributed by atoms with van der Waals surface area (Å²) in [5, 5.41) is 0. The van der Waals surface area contributed by atoms with Crippen LogP contribution in [-0.4, -0.2) is 30.1 Å². The molecular weight excluding hydrogens is 372 g/mol. The van der Waals surface area contributed by atoms with Crippen LogP contribution in [-0.2, 0) is 0 Å². The highest BCUT2D eigenvalue weighted by atomic mass is 35.5. The molecule has 1 saturated heterocycles. The lowest BCUT2D eigenvalue weighted by Crippen LogP contribution is -2.39. The molecule has 0 unspecified atom stereocenters. The smallest absolute Gasteiger partial charge is 0.0555 e. The van der Waals surface area contributed by atoms with Crippen LogP contribution in [0.15, 0.2) is 46.2 Å².